The number of aromatic amines is 1. The molecule has 52 heavy (non-hydrogen) atoms. The van der Waals surface area contributed by atoms with Crippen LogP contribution in [0.4, 0.5) is 29.1 Å². The lowest BCUT2D eigenvalue weighted by Gasteiger charge is -2.38. The van der Waals surface area contributed by atoms with Gasteiger partial charge in [0.25, 0.3) is 5.91 Å². The maximum Gasteiger partial charge on any atom is 0.573 e. The van der Waals surface area contributed by atoms with E-state index in [4.69, 9.17) is 9.72 Å². The van der Waals surface area contributed by atoms with E-state index in [9.17, 15) is 22.8 Å². The van der Waals surface area contributed by atoms with Crippen molar-refractivity contribution in [2.75, 3.05) is 57.1 Å². The molecule has 2 aromatic carbocycles. The van der Waals surface area contributed by atoms with Gasteiger partial charge in [-0.3, -0.25) is 14.5 Å². The Bertz CT molecular complexity index is 1900. The summed E-state index contributed by atoms with van der Waals surface area (Å²) in [5.41, 5.74) is 0.550. The summed E-state index contributed by atoms with van der Waals surface area (Å²) in [6.45, 7) is 8.58. The molecule has 2 fully saturated rings. The minimum Gasteiger partial charge on any atom is -0.405 e. The number of halogens is 4. The molecule has 276 valence electrons. The maximum atomic E-state index is 15.4. The summed E-state index contributed by atoms with van der Waals surface area (Å²) < 4.78 is 65.8. The molecule has 2 N–H and O–H groups in total. The summed E-state index contributed by atoms with van der Waals surface area (Å²) in [6, 6.07) is 11.4. The fourth-order valence-corrected chi connectivity index (χ4v) is 6.52. The van der Waals surface area contributed by atoms with Crippen molar-refractivity contribution in [2.45, 2.75) is 45.7 Å². The average molecular weight is 724 g/mol. The number of likely N-dealkylation sites (N-methyl/N-ethyl adjacent to an activating group) is 1. The van der Waals surface area contributed by atoms with E-state index in [0.717, 1.165) is 30.9 Å². The maximum absolute atomic E-state index is 15.4. The molecule has 0 aliphatic carbocycles. The molecular weight excluding hydrogens is 682 g/mol. The number of ether oxygens (including phenoxy) is 2. The van der Waals surface area contributed by atoms with Crippen LogP contribution in [0.25, 0.3) is 22.4 Å². The van der Waals surface area contributed by atoms with Gasteiger partial charge in [0, 0.05) is 74.8 Å². The Morgan fingerprint density at radius 1 is 0.981 bits per heavy atom. The van der Waals surface area contributed by atoms with Gasteiger partial charge in [-0.1, -0.05) is 45.0 Å². The fourth-order valence-electron chi connectivity index (χ4n) is 6.52. The molecule has 2 aliphatic rings. The molecule has 2 aliphatic heterocycles. The minimum absolute atomic E-state index is 0.0523. The Morgan fingerprint density at radius 3 is 2.27 bits per heavy atom. The van der Waals surface area contributed by atoms with E-state index in [1.165, 1.54) is 12.3 Å². The number of nitrogens with one attached hydrogen (secondary N) is 2. The molecule has 2 atom stereocenters. The van der Waals surface area contributed by atoms with Crippen LogP contribution >= 0.6 is 0 Å². The Balaban J connectivity index is 1.15. The van der Waals surface area contributed by atoms with E-state index in [2.05, 4.69) is 24.9 Å². The number of piperazine rings is 1. The van der Waals surface area contributed by atoms with Gasteiger partial charge in [-0.25, -0.2) is 14.4 Å². The summed E-state index contributed by atoms with van der Waals surface area (Å²) in [6.07, 6.45) is -1.13. The van der Waals surface area contributed by atoms with Gasteiger partial charge in [0.2, 0.25) is 5.91 Å². The number of alkyl halides is 3. The van der Waals surface area contributed by atoms with Crippen molar-refractivity contribution in [1.82, 2.24) is 24.8 Å². The third-order valence-corrected chi connectivity index (χ3v) is 9.33. The molecule has 2 amide bonds. The van der Waals surface area contributed by atoms with Gasteiger partial charge >= 0.3 is 6.36 Å². The predicted octanol–water partition coefficient (Wildman–Crippen LogP) is 6.52. The van der Waals surface area contributed by atoms with Gasteiger partial charge in [0.05, 0.1) is 29.1 Å². The Labute approximate surface area is 298 Å². The monoisotopic (exact) mass is 723 g/mol. The number of pyridine rings is 1. The van der Waals surface area contributed by atoms with E-state index >= 15 is 4.39 Å². The van der Waals surface area contributed by atoms with E-state index in [-0.39, 0.29) is 34.7 Å². The minimum atomic E-state index is -5.08. The quantitative estimate of drug-likeness (QED) is 0.198. The number of hydrogen-bond acceptors (Lipinski definition) is 8. The average Bonchev–Trinajstić information content (AvgIpc) is 3.75. The zero-order valence-electron chi connectivity index (χ0n) is 29.6. The number of H-pyrrole nitrogens is 1. The normalized spacial score (nSPS) is 18.5. The number of likely N-dealkylation sites (tertiary alicyclic amines) is 1. The largest absolute Gasteiger partial charge is 0.573 e. The van der Waals surface area contributed by atoms with Crippen molar-refractivity contribution < 1.29 is 36.6 Å². The van der Waals surface area contributed by atoms with Crippen LogP contribution in [-0.2, 0) is 9.53 Å². The number of hydrogen-bond donors (Lipinski definition) is 2. The number of methoxy groups -OCH3 is 1. The van der Waals surface area contributed by atoms with Crippen LogP contribution in [0.5, 0.6) is 5.75 Å². The molecule has 2 saturated heterocycles. The van der Waals surface area contributed by atoms with Crippen molar-refractivity contribution in [3.63, 3.8) is 0 Å². The lowest BCUT2D eigenvalue weighted by molar-refractivity contribution is -0.274. The van der Waals surface area contributed by atoms with Gasteiger partial charge in [-0.2, -0.15) is 0 Å². The first-order chi connectivity index (χ1) is 24.6. The molecule has 4 heterocycles. The lowest BCUT2D eigenvalue weighted by Crippen LogP contribution is -2.51. The van der Waals surface area contributed by atoms with Crippen LogP contribution in [0.2, 0.25) is 0 Å². The smallest absolute Gasteiger partial charge is 0.405 e. The van der Waals surface area contributed by atoms with E-state index in [0.29, 0.717) is 43.3 Å². The van der Waals surface area contributed by atoms with E-state index in [1.807, 2.05) is 37.6 Å². The first-order valence-corrected chi connectivity index (χ1v) is 16.9. The third kappa shape index (κ3) is 8.20. The van der Waals surface area contributed by atoms with Crippen LogP contribution < -0.4 is 15.0 Å². The lowest BCUT2D eigenvalue weighted by atomic mass is 9.94. The Hall–Kier alpha value is -5.02. The van der Waals surface area contributed by atoms with Gasteiger partial charge in [-0.15, -0.1) is 13.2 Å². The molecular formula is C37H41F4N7O4. The Kier molecular flexibility index (Phi) is 10.3. The second-order valence-corrected chi connectivity index (χ2v) is 14.1. The molecule has 2 aromatic heterocycles. The summed E-state index contributed by atoms with van der Waals surface area (Å²) in [4.78, 5) is 43.9. The van der Waals surface area contributed by atoms with Gasteiger partial charge < -0.3 is 29.6 Å². The first-order valence-electron chi connectivity index (χ1n) is 16.9. The molecule has 2 unspecified atom stereocenters. The molecule has 11 nitrogen and oxygen atoms in total. The summed E-state index contributed by atoms with van der Waals surface area (Å²) in [5, 5.41) is 2.35. The molecule has 0 spiro atoms. The number of carbonyl (C=O) groups is 2. The number of amides is 2. The topological polar surface area (TPSA) is 116 Å². The first kappa shape index (κ1) is 36.8. The summed E-state index contributed by atoms with van der Waals surface area (Å²) in [7, 11) is 3.67. The SMILES string of the molecule is COC1CC(c2nc(-c3ccc(-c4cc(F)c(NC(=O)c5ccc(N6CCN(C(=O)C(C)(C)C)CC6)nc5)cc4OC(F)(F)F)cc3)c[nH]2)N(C)C1. The second kappa shape index (κ2) is 14.5. The summed E-state index contributed by atoms with van der Waals surface area (Å²) in [5.74, 6) is -0.973. The zero-order valence-corrected chi connectivity index (χ0v) is 29.6. The van der Waals surface area contributed by atoms with E-state index < -0.39 is 34.9 Å². The van der Waals surface area contributed by atoms with E-state index in [1.54, 1.807) is 43.6 Å². The van der Waals surface area contributed by atoms with Gasteiger partial charge in [0.15, 0.2) is 0 Å². The van der Waals surface area contributed by atoms with Crippen LogP contribution in [0, 0.1) is 11.2 Å². The van der Waals surface area contributed by atoms with Crippen molar-refractivity contribution in [3.05, 3.63) is 78.1 Å². The number of nitrogens with zero attached hydrogens (tertiary/aromatic N) is 5. The molecule has 15 heteroatoms. The van der Waals surface area contributed by atoms with Gasteiger partial charge in [0.1, 0.15) is 23.2 Å². The predicted molar refractivity (Wildman–Crippen MR) is 187 cm³/mol. The van der Waals surface area contributed by atoms with Gasteiger partial charge in [-0.05, 0) is 37.2 Å². The Morgan fingerprint density at radius 2 is 1.67 bits per heavy atom. The highest BCUT2D eigenvalue weighted by molar-refractivity contribution is 6.04. The third-order valence-electron chi connectivity index (χ3n) is 9.33. The number of rotatable bonds is 8. The number of anilines is 2. The van der Waals surface area contributed by atoms with Crippen LogP contribution in [0.15, 0.2) is 60.9 Å². The van der Waals surface area contributed by atoms with Crippen LogP contribution in [0.3, 0.4) is 0 Å². The molecule has 4 aromatic rings. The van der Waals surface area contributed by atoms with Crippen molar-refractivity contribution in [1.29, 1.82) is 0 Å². The highest BCUT2D eigenvalue weighted by Crippen LogP contribution is 2.39. The van der Waals surface area contributed by atoms with Crippen molar-refractivity contribution in [3.8, 4) is 28.1 Å². The standard InChI is InChI=1S/C37H41F4N7O4/c1-36(2,3)35(50)48-14-12-47(13-15-48)32-11-10-24(19-42-32)34(49)45-28-18-31(52-37(39,40)41)26(17-27(28)38)22-6-8-23(9-7-22)29-20-43-33(44-29)30-16-25(51-5)21-46(30)4/h6-11,17-20,25,30H,12-16,21H2,1-5H3,(H,43,44)(H,45,49). The van der Waals surface area contributed by atoms with Crippen LogP contribution in [-0.4, -0.2) is 95.9 Å². The van der Waals surface area contributed by atoms with Crippen molar-refractivity contribution >= 4 is 23.3 Å². The van der Waals surface area contributed by atoms with Crippen molar-refractivity contribution in [2.24, 2.45) is 5.41 Å². The number of benzene rings is 2. The number of carbonyl (C=O) groups excluding carboxylic acids is 2. The summed E-state index contributed by atoms with van der Waals surface area (Å²) >= 11 is 0. The van der Waals surface area contributed by atoms with Crippen LogP contribution in [0.1, 0.15) is 49.4 Å². The second-order valence-electron chi connectivity index (χ2n) is 14.1. The molecule has 0 radical (unpaired) electrons. The molecule has 0 bridgehead atoms. The number of imidazole rings is 1. The highest BCUT2D eigenvalue weighted by Gasteiger charge is 2.34. The fraction of sp³-hybridized carbons (Fsp3) is 0.405. The highest BCUT2D eigenvalue weighted by atomic mass is 19.4. The number of aromatic nitrogens is 3. The molecule has 6 rings (SSSR count). The zero-order chi connectivity index (χ0) is 37.4. The molecule has 0 saturated carbocycles.